The molecule has 0 aromatic carbocycles. The van der Waals surface area contributed by atoms with Gasteiger partial charge >= 0.3 is 0 Å². The highest BCUT2D eigenvalue weighted by atomic mass is 16.5. The molecule has 126 valence electrons. The van der Waals surface area contributed by atoms with E-state index in [0.717, 1.165) is 41.0 Å². The number of amides is 1. The van der Waals surface area contributed by atoms with Gasteiger partial charge in [-0.25, -0.2) is 4.98 Å². The number of carbonyl (C=O) groups excluding carboxylic acids is 1. The van der Waals surface area contributed by atoms with Crippen molar-refractivity contribution in [1.29, 1.82) is 0 Å². The van der Waals surface area contributed by atoms with Crippen molar-refractivity contribution in [2.24, 2.45) is 0 Å². The van der Waals surface area contributed by atoms with Crippen molar-refractivity contribution in [1.82, 2.24) is 20.0 Å². The summed E-state index contributed by atoms with van der Waals surface area (Å²) < 4.78 is 7.23. The molecule has 0 spiro atoms. The first-order chi connectivity index (χ1) is 11.6. The second-order valence-corrected chi connectivity index (χ2v) is 5.93. The van der Waals surface area contributed by atoms with E-state index in [1.54, 1.807) is 6.20 Å². The van der Waals surface area contributed by atoms with Crippen molar-refractivity contribution >= 4 is 16.9 Å². The Morgan fingerprint density at radius 1 is 1.33 bits per heavy atom. The van der Waals surface area contributed by atoms with Crippen LogP contribution in [0.4, 0.5) is 0 Å². The van der Waals surface area contributed by atoms with E-state index in [2.05, 4.69) is 32.2 Å². The largest absolute Gasteiger partial charge is 0.361 e. The monoisotopic (exact) mass is 326 g/mol. The Morgan fingerprint density at radius 2 is 2.21 bits per heavy atom. The Kier molecular flexibility index (Phi) is 4.93. The maximum absolute atomic E-state index is 12.0. The van der Waals surface area contributed by atoms with Crippen molar-refractivity contribution in [3.63, 3.8) is 0 Å². The second-order valence-electron chi connectivity index (χ2n) is 5.93. The van der Waals surface area contributed by atoms with E-state index in [9.17, 15) is 4.79 Å². The molecule has 0 saturated heterocycles. The number of fused-ring (bicyclic) bond motifs is 1. The first kappa shape index (κ1) is 16.2. The molecular weight excluding hydrogens is 304 g/mol. The SMILES string of the molecule is Cc1noc(C)c1CCC(=O)NCCCn1ccc2cccnc21. The fourth-order valence-corrected chi connectivity index (χ4v) is 2.86. The van der Waals surface area contributed by atoms with Crippen molar-refractivity contribution < 1.29 is 9.32 Å². The smallest absolute Gasteiger partial charge is 0.220 e. The fraction of sp³-hybridized carbons (Fsp3) is 0.389. The molecule has 0 aliphatic carbocycles. The van der Waals surface area contributed by atoms with Crippen LogP contribution in [0.5, 0.6) is 0 Å². The summed E-state index contributed by atoms with van der Waals surface area (Å²) in [6.45, 7) is 5.28. The molecule has 0 saturated carbocycles. The van der Waals surface area contributed by atoms with Gasteiger partial charge in [0.25, 0.3) is 0 Å². The summed E-state index contributed by atoms with van der Waals surface area (Å²) in [6, 6.07) is 6.05. The summed E-state index contributed by atoms with van der Waals surface area (Å²) in [5.41, 5.74) is 2.89. The summed E-state index contributed by atoms with van der Waals surface area (Å²) in [4.78, 5) is 16.3. The lowest BCUT2D eigenvalue weighted by atomic mass is 10.1. The molecule has 6 nitrogen and oxygen atoms in total. The molecule has 0 radical (unpaired) electrons. The highest BCUT2D eigenvalue weighted by Crippen LogP contribution is 2.14. The van der Waals surface area contributed by atoms with E-state index in [0.29, 0.717) is 19.4 Å². The first-order valence-electron chi connectivity index (χ1n) is 8.23. The van der Waals surface area contributed by atoms with Crippen molar-refractivity contribution in [3.8, 4) is 0 Å². The minimum Gasteiger partial charge on any atom is -0.361 e. The number of aryl methyl sites for hydroxylation is 3. The van der Waals surface area contributed by atoms with Crippen LogP contribution in [-0.2, 0) is 17.8 Å². The quantitative estimate of drug-likeness (QED) is 0.678. The van der Waals surface area contributed by atoms with Gasteiger partial charge in [-0.2, -0.15) is 0 Å². The summed E-state index contributed by atoms with van der Waals surface area (Å²) >= 11 is 0. The molecule has 3 heterocycles. The standard InChI is InChI=1S/C18H22N4O2/c1-13-16(14(2)24-21-13)6-7-17(23)19-10-4-11-22-12-8-15-5-3-9-20-18(15)22/h3,5,8-9,12H,4,6-7,10-11H2,1-2H3,(H,19,23). The lowest BCUT2D eigenvalue weighted by Crippen LogP contribution is -2.25. The number of aromatic nitrogens is 3. The average molecular weight is 326 g/mol. The van der Waals surface area contributed by atoms with Gasteiger partial charge in [0.1, 0.15) is 11.4 Å². The minimum atomic E-state index is 0.0606. The topological polar surface area (TPSA) is 73.0 Å². The lowest BCUT2D eigenvalue weighted by Gasteiger charge is -2.07. The van der Waals surface area contributed by atoms with Crippen LogP contribution in [0.1, 0.15) is 29.9 Å². The van der Waals surface area contributed by atoms with Crippen LogP contribution in [0, 0.1) is 13.8 Å². The van der Waals surface area contributed by atoms with Gasteiger partial charge in [-0.15, -0.1) is 0 Å². The number of carbonyl (C=O) groups is 1. The van der Waals surface area contributed by atoms with Gasteiger partial charge in [-0.1, -0.05) is 5.16 Å². The predicted molar refractivity (Wildman–Crippen MR) is 91.7 cm³/mol. The molecule has 1 N–H and O–H groups in total. The fourth-order valence-electron chi connectivity index (χ4n) is 2.86. The summed E-state index contributed by atoms with van der Waals surface area (Å²) in [6.07, 6.45) is 5.83. The van der Waals surface area contributed by atoms with Crippen molar-refractivity contribution in [2.45, 2.75) is 39.7 Å². The van der Waals surface area contributed by atoms with Crippen LogP contribution in [0.15, 0.2) is 35.1 Å². The molecule has 0 fully saturated rings. The van der Waals surface area contributed by atoms with E-state index in [1.807, 2.05) is 26.1 Å². The van der Waals surface area contributed by atoms with Crippen molar-refractivity contribution in [2.75, 3.05) is 6.54 Å². The third-order valence-corrected chi connectivity index (χ3v) is 4.20. The van der Waals surface area contributed by atoms with E-state index < -0.39 is 0 Å². The Hall–Kier alpha value is -2.63. The maximum Gasteiger partial charge on any atom is 0.220 e. The molecule has 24 heavy (non-hydrogen) atoms. The number of nitrogens with zero attached hydrogens (tertiary/aromatic N) is 3. The van der Waals surface area contributed by atoms with Gasteiger partial charge in [0.15, 0.2) is 0 Å². The summed E-state index contributed by atoms with van der Waals surface area (Å²) in [5.74, 6) is 0.859. The predicted octanol–water partition coefficient (Wildman–Crippen LogP) is 2.78. The van der Waals surface area contributed by atoms with Gasteiger partial charge in [0.05, 0.1) is 5.69 Å². The number of hydrogen-bond acceptors (Lipinski definition) is 4. The zero-order valence-electron chi connectivity index (χ0n) is 14.1. The van der Waals surface area contributed by atoms with Crippen LogP contribution in [0.25, 0.3) is 11.0 Å². The van der Waals surface area contributed by atoms with E-state index in [4.69, 9.17) is 4.52 Å². The Bertz CT molecular complexity index is 815. The number of rotatable bonds is 7. The highest BCUT2D eigenvalue weighted by Gasteiger charge is 2.10. The molecule has 0 aliphatic rings. The van der Waals surface area contributed by atoms with E-state index in [1.165, 1.54) is 0 Å². The van der Waals surface area contributed by atoms with Gasteiger partial charge in [-0.3, -0.25) is 4.79 Å². The molecule has 1 amide bonds. The van der Waals surface area contributed by atoms with Crippen LogP contribution < -0.4 is 5.32 Å². The van der Waals surface area contributed by atoms with Gasteiger partial charge in [-0.05, 0) is 44.9 Å². The molecule has 0 atom stereocenters. The van der Waals surface area contributed by atoms with Crippen LogP contribution >= 0.6 is 0 Å². The third-order valence-electron chi connectivity index (χ3n) is 4.20. The van der Waals surface area contributed by atoms with E-state index in [-0.39, 0.29) is 5.91 Å². The summed E-state index contributed by atoms with van der Waals surface area (Å²) in [7, 11) is 0. The van der Waals surface area contributed by atoms with Crippen LogP contribution in [-0.4, -0.2) is 27.2 Å². The van der Waals surface area contributed by atoms with Crippen LogP contribution in [0.2, 0.25) is 0 Å². The maximum atomic E-state index is 12.0. The molecule has 6 heteroatoms. The van der Waals surface area contributed by atoms with Gasteiger partial charge in [0, 0.05) is 42.9 Å². The molecule has 0 aliphatic heterocycles. The number of nitrogens with one attached hydrogen (secondary N) is 1. The lowest BCUT2D eigenvalue weighted by molar-refractivity contribution is -0.121. The molecule has 0 unspecified atom stereocenters. The normalized spacial score (nSPS) is 11.1. The number of hydrogen-bond donors (Lipinski definition) is 1. The molecule has 0 bridgehead atoms. The highest BCUT2D eigenvalue weighted by molar-refractivity contribution is 5.76. The zero-order valence-corrected chi connectivity index (χ0v) is 14.1. The Morgan fingerprint density at radius 3 is 3.00 bits per heavy atom. The molecular formula is C18H22N4O2. The zero-order chi connectivity index (χ0) is 16.9. The minimum absolute atomic E-state index is 0.0606. The van der Waals surface area contributed by atoms with Crippen molar-refractivity contribution in [3.05, 3.63) is 47.6 Å². The Labute approximate surface area is 140 Å². The molecule has 3 aromatic heterocycles. The molecule has 3 aromatic rings. The second kappa shape index (κ2) is 7.29. The number of pyridine rings is 1. The summed E-state index contributed by atoms with van der Waals surface area (Å²) in [5, 5.41) is 8.02. The van der Waals surface area contributed by atoms with Gasteiger partial charge < -0.3 is 14.4 Å². The first-order valence-corrected chi connectivity index (χ1v) is 8.23. The van der Waals surface area contributed by atoms with Crippen LogP contribution in [0.3, 0.4) is 0 Å². The Balaban J connectivity index is 1.41. The average Bonchev–Trinajstić information content (AvgIpc) is 3.14. The molecule has 3 rings (SSSR count). The third kappa shape index (κ3) is 3.64. The van der Waals surface area contributed by atoms with Gasteiger partial charge in [0.2, 0.25) is 5.91 Å². The van der Waals surface area contributed by atoms with E-state index >= 15 is 0 Å².